The van der Waals surface area contributed by atoms with Crippen LogP contribution >= 0.6 is 0 Å². The molecule has 1 nitrogen and oxygen atoms in total. The molecule has 1 N–H and O–H groups in total. The molecule has 0 aliphatic rings. The van der Waals surface area contributed by atoms with Gasteiger partial charge in [-0.3, -0.25) is 0 Å². The Morgan fingerprint density at radius 2 is 1.32 bits per heavy atom. The highest BCUT2D eigenvalue weighted by atomic mass is 14.9. The maximum Gasteiger partial charge on any atom is 0.243 e. The summed E-state index contributed by atoms with van der Waals surface area (Å²) in [5.74, 6) is 0.736. The molecule has 28 heavy (non-hydrogen) atoms. The Hall–Kier alpha value is -2.48. The minimum Gasteiger partial charge on any atom is -0.385 e. The van der Waals surface area contributed by atoms with Crippen molar-refractivity contribution in [2.75, 3.05) is 11.9 Å². The van der Waals surface area contributed by atoms with Crippen LogP contribution in [0.3, 0.4) is 0 Å². The number of anilines is 1. The fourth-order valence-corrected chi connectivity index (χ4v) is 3.95. The lowest BCUT2D eigenvalue weighted by atomic mass is 9.36. The van der Waals surface area contributed by atoms with Crippen LogP contribution in [0.25, 0.3) is 0 Å². The number of rotatable bonds is 10. The fourth-order valence-electron chi connectivity index (χ4n) is 3.95. The van der Waals surface area contributed by atoms with E-state index in [9.17, 15) is 0 Å². The SMILES string of the molecule is CCCCC(CC)CNc1ccccc1B(c1ccccc1)c1ccccc1. The molecule has 1 atom stereocenters. The number of benzene rings is 3. The van der Waals surface area contributed by atoms with Gasteiger partial charge in [0.15, 0.2) is 0 Å². The van der Waals surface area contributed by atoms with Crippen LogP contribution in [-0.2, 0) is 0 Å². The Balaban J connectivity index is 1.91. The minimum absolute atomic E-state index is 0.238. The highest BCUT2D eigenvalue weighted by Crippen LogP contribution is 2.14. The second kappa shape index (κ2) is 10.8. The van der Waals surface area contributed by atoms with Crippen LogP contribution in [0.1, 0.15) is 39.5 Å². The maximum absolute atomic E-state index is 3.79. The van der Waals surface area contributed by atoms with Gasteiger partial charge < -0.3 is 5.32 Å². The number of para-hydroxylation sites is 1. The molecule has 0 amide bonds. The molecule has 0 heterocycles. The van der Waals surface area contributed by atoms with Crippen LogP contribution in [-0.4, -0.2) is 13.3 Å². The van der Waals surface area contributed by atoms with E-state index >= 15 is 0 Å². The molecule has 0 radical (unpaired) electrons. The molecule has 3 aromatic carbocycles. The standard InChI is InChI=1S/C26H32BN/c1-3-5-14-22(4-2)21-28-26-20-13-12-19-25(26)27(23-15-8-6-9-16-23)24-17-10-7-11-18-24/h6-13,15-20,22,28H,3-5,14,21H2,1-2H3. The first-order valence-corrected chi connectivity index (χ1v) is 10.8. The normalized spacial score (nSPS) is 11.8. The second-order valence-corrected chi connectivity index (χ2v) is 7.64. The van der Waals surface area contributed by atoms with Gasteiger partial charge in [0, 0.05) is 12.2 Å². The average Bonchev–Trinajstić information content (AvgIpc) is 2.76. The Labute approximate surface area is 171 Å². The first-order valence-electron chi connectivity index (χ1n) is 10.8. The number of unbranched alkanes of at least 4 members (excludes halogenated alkanes) is 1. The van der Waals surface area contributed by atoms with Crippen molar-refractivity contribution in [3.8, 4) is 0 Å². The van der Waals surface area contributed by atoms with E-state index in [0.717, 1.165) is 12.5 Å². The summed E-state index contributed by atoms with van der Waals surface area (Å²) in [7, 11) is 0. The van der Waals surface area contributed by atoms with Crippen LogP contribution in [0.5, 0.6) is 0 Å². The summed E-state index contributed by atoms with van der Waals surface area (Å²) < 4.78 is 0. The molecule has 0 fully saturated rings. The van der Waals surface area contributed by atoms with Gasteiger partial charge in [0.25, 0.3) is 0 Å². The van der Waals surface area contributed by atoms with Gasteiger partial charge in [-0.25, -0.2) is 0 Å². The van der Waals surface area contributed by atoms with Crippen LogP contribution in [0.4, 0.5) is 5.69 Å². The molecule has 0 aliphatic carbocycles. The quantitative estimate of drug-likeness (QED) is 0.505. The number of hydrogen-bond acceptors (Lipinski definition) is 1. The molecule has 3 aromatic rings. The van der Waals surface area contributed by atoms with E-state index in [4.69, 9.17) is 0 Å². The predicted octanol–water partition coefficient (Wildman–Crippen LogP) is 4.83. The van der Waals surface area contributed by atoms with Crippen molar-refractivity contribution in [2.24, 2.45) is 5.92 Å². The van der Waals surface area contributed by atoms with E-state index in [1.165, 1.54) is 47.8 Å². The van der Waals surface area contributed by atoms with Crippen molar-refractivity contribution in [3.05, 3.63) is 84.9 Å². The average molecular weight is 369 g/mol. The molecule has 0 aliphatic heterocycles. The van der Waals surface area contributed by atoms with Gasteiger partial charge in [-0.15, -0.1) is 0 Å². The summed E-state index contributed by atoms with van der Waals surface area (Å²) in [6.07, 6.45) is 5.13. The highest BCUT2D eigenvalue weighted by Gasteiger charge is 2.23. The summed E-state index contributed by atoms with van der Waals surface area (Å²) in [4.78, 5) is 0. The van der Waals surface area contributed by atoms with Crippen molar-refractivity contribution in [1.82, 2.24) is 0 Å². The summed E-state index contributed by atoms with van der Waals surface area (Å²) in [6.45, 7) is 5.87. The molecular weight excluding hydrogens is 337 g/mol. The molecule has 1 unspecified atom stereocenters. The van der Waals surface area contributed by atoms with Crippen molar-refractivity contribution in [3.63, 3.8) is 0 Å². The third kappa shape index (κ3) is 5.28. The number of hydrogen-bond donors (Lipinski definition) is 1. The topological polar surface area (TPSA) is 12.0 Å². The Kier molecular flexibility index (Phi) is 7.78. The highest BCUT2D eigenvalue weighted by molar-refractivity contribution is 6.96. The summed E-state index contributed by atoms with van der Waals surface area (Å²) in [5.41, 5.74) is 5.28. The van der Waals surface area contributed by atoms with Gasteiger partial charge >= 0.3 is 0 Å². The minimum atomic E-state index is 0.238. The van der Waals surface area contributed by atoms with E-state index in [0.29, 0.717) is 0 Å². The van der Waals surface area contributed by atoms with Gasteiger partial charge in [-0.2, -0.15) is 0 Å². The summed E-state index contributed by atoms with van der Waals surface area (Å²) >= 11 is 0. The first-order chi connectivity index (χ1) is 13.8. The molecule has 3 rings (SSSR count). The van der Waals surface area contributed by atoms with Gasteiger partial charge in [-0.05, 0) is 23.9 Å². The molecule has 0 saturated heterocycles. The van der Waals surface area contributed by atoms with Crippen molar-refractivity contribution in [2.45, 2.75) is 39.5 Å². The van der Waals surface area contributed by atoms with Crippen LogP contribution < -0.4 is 21.7 Å². The Morgan fingerprint density at radius 3 is 1.89 bits per heavy atom. The Morgan fingerprint density at radius 1 is 0.750 bits per heavy atom. The molecule has 0 bridgehead atoms. The van der Waals surface area contributed by atoms with Crippen LogP contribution in [0, 0.1) is 5.92 Å². The molecule has 0 aromatic heterocycles. The molecule has 0 saturated carbocycles. The third-order valence-corrected chi connectivity index (χ3v) is 5.66. The monoisotopic (exact) mass is 369 g/mol. The van der Waals surface area contributed by atoms with Gasteiger partial charge in [-0.1, -0.05) is 123 Å². The fraction of sp³-hybridized carbons (Fsp3) is 0.308. The Bertz CT molecular complexity index is 777. The largest absolute Gasteiger partial charge is 0.385 e. The lowest BCUT2D eigenvalue weighted by molar-refractivity contribution is 0.473. The smallest absolute Gasteiger partial charge is 0.243 e. The van der Waals surface area contributed by atoms with Crippen molar-refractivity contribution in [1.29, 1.82) is 0 Å². The second-order valence-electron chi connectivity index (χ2n) is 7.64. The molecule has 0 spiro atoms. The van der Waals surface area contributed by atoms with E-state index in [1.807, 2.05) is 0 Å². The molecule has 144 valence electrons. The van der Waals surface area contributed by atoms with Crippen LogP contribution in [0.2, 0.25) is 0 Å². The molecular formula is C26H32BN. The third-order valence-electron chi connectivity index (χ3n) is 5.66. The summed E-state index contributed by atoms with van der Waals surface area (Å²) in [5, 5.41) is 3.79. The van der Waals surface area contributed by atoms with Gasteiger partial charge in [0.1, 0.15) is 0 Å². The van der Waals surface area contributed by atoms with E-state index < -0.39 is 0 Å². The molecule has 2 heteroatoms. The zero-order valence-electron chi connectivity index (χ0n) is 17.3. The van der Waals surface area contributed by atoms with Crippen molar-refractivity contribution >= 4 is 28.8 Å². The van der Waals surface area contributed by atoms with E-state index in [2.05, 4.69) is 104 Å². The van der Waals surface area contributed by atoms with E-state index in [-0.39, 0.29) is 6.71 Å². The van der Waals surface area contributed by atoms with Crippen LogP contribution in [0.15, 0.2) is 84.9 Å². The first kappa shape index (κ1) is 20.3. The summed E-state index contributed by atoms with van der Waals surface area (Å²) in [6, 6.07) is 30.5. The zero-order valence-corrected chi connectivity index (χ0v) is 17.3. The van der Waals surface area contributed by atoms with Gasteiger partial charge in [0.2, 0.25) is 6.71 Å². The van der Waals surface area contributed by atoms with E-state index in [1.54, 1.807) is 0 Å². The number of nitrogens with one attached hydrogen (secondary N) is 1. The zero-order chi connectivity index (χ0) is 19.6. The lowest BCUT2D eigenvalue weighted by Gasteiger charge is -2.22. The van der Waals surface area contributed by atoms with Gasteiger partial charge in [0.05, 0.1) is 0 Å². The lowest BCUT2D eigenvalue weighted by Crippen LogP contribution is -2.52. The maximum atomic E-state index is 3.79. The van der Waals surface area contributed by atoms with Crippen molar-refractivity contribution < 1.29 is 0 Å². The predicted molar refractivity (Wildman–Crippen MR) is 126 cm³/mol.